The Balaban J connectivity index is 5.29. The molecule has 0 heterocycles. The van der Waals surface area contributed by atoms with E-state index in [0.29, 0.717) is 6.42 Å². The molecule has 0 spiro atoms. The highest BCUT2D eigenvalue weighted by Gasteiger charge is 2.31. The number of nitro groups is 1. The molecule has 0 aromatic carbocycles. The van der Waals surface area contributed by atoms with Crippen molar-refractivity contribution in [2.45, 2.75) is 34.1 Å². The molecule has 18 heavy (non-hydrogen) atoms. The van der Waals surface area contributed by atoms with Crippen molar-refractivity contribution in [3.8, 4) is 0 Å². The van der Waals surface area contributed by atoms with E-state index >= 15 is 0 Å². The van der Waals surface area contributed by atoms with E-state index in [0.717, 1.165) is 6.20 Å². The van der Waals surface area contributed by atoms with Crippen LogP contribution in [0, 0.1) is 22.0 Å². The molecule has 1 atom stereocenters. The second kappa shape index (κ2) is 7.58. The van der Waals surface area contributed by atoms with Crippen LogP contribution in [-0.4, -0.2) is 23.3 Å². The summed E-state index contributed by atoms with van der Waals surface area (Å²) in [5.74, 6) is -2.23. The van der Waals surface area contributed by atoms with Gasteiger partial charge in [-0.3, -0.25) is 19.7 Å². The monoisotopic (exact) mass is 257 g/mol. The molecular formula is C12H19NO5. The summed E-state index contributed by atoms with van der Waals surface area (Å²) < 4.78 is 4.79. The number of ketones is 1. The molecule has 0 aliphatic carbocycles. The maximum atomic E-state index is 11.7. The largest absolute Gasteiger partial charge is 0.465 e. The lowest BCUT2D eigenvalue weighted by Crippen LogP contribution is -2.27. The van der Waals surface area contributed by atoms with Crippen LogP contribution >= 0.6 is 0 Å². The van der Waals surface area contributed by atoms with Crippen LogP contribution in [0.5, 0.6) is 0 Å². The molecular weight excluding hydrogens is 238 g/mol. The number of Topliss-reactive ketones (excluding diaryl/α,β-unsaturated/α-hetero) is 1. The van der Waals surface area contributed by atoms with E-state index in [9.17, 15) is 19.7 Å². The highest BCUT2D eigenvalue weighted by Crippen LogP contribution is 2.22. The van der Waals surface area contributed by atoms with Gasteiger partial charge < -0.3 is 4.74 Å². The van der Waals surface area contributed by atoms with Crippen LogP contribution in [0.4, 0.5) is 0 Å². The van der Waals surface area contributed by atoms with Crippen LogP contribution < -0.4 is 0 Å². The van der Waals surface area contributed by atoms with Crippen molar-refractivity contribution >= 4 is 11.8 Å². The van der Waals surface area contributed by atoms with E-state index in [2.05, 4.69) is 0 Å². The summed E-state index contributed by atoms with van der Waals surface area (Å²) >= 11 is 0. The van der Waals surface area contributed by atoms with E-state index < -0.39 is 22.6 Å². The van der Waals surface area contributed by atoms with Gasteiger partial charge in [0.05, 0.1) is 11.5 Å². The number of rotatable bonds is 7. The number of esters is 1. The molecule has 0 aliphatic heterocycles. The fraction of sp³-hybridized carbons (Fsp3) is 0.667. The Hall–Kier alpha value is -1.72. The molecule has 0 saturated heterocycles. The molecule has 1 unspecified atom stereocenters. The zero-order valence-electron chi connectivity index (χ0n) is 11.1. The second-order valence-electron chi connectivity index (χ2n) is 4.38. The molecule has 0 aromatic rings. The van der Waals surface area contributed by atoms with E-state index in [1.807, 2.05) is 13.8 Å². The smallest absolute Gasteiger partial charge is 0.320 e. The Morgan fingerprint density at radius 1 is 1.39 bits per heavy atom. The summed E-state index contributed by atoms with van der Waals surface area (Å²) in [6.07, 6.45) is 1.05. The second-order valence-corrected chi connectivity index (χ2v) is 4.38. The van der Waals surface area contributed by atoms with Gasteiger partial charge in [0, 0.05) is 5.57 Å². The zero-order valence-corrected chi connectivity index (χ0v) is 11.1. The molecule has 0 rings (SSSR count). The van der Waals surface area contributed by atoms with Crippen molar-refractivity contribution in [2.24, 2.45) is 11.8 Å². The average Bonchev–Trinajstić information content (AvgIpc) is 2.14. The lowest BCUT2D eigenvalue weighted by Gasteiger charge is -2.16. The van der Waals surface area contributed by atoms with Gasteiger partial charge in [-0.1, -0.05) is 13.8 Å². The van der Waals surface area contributed by atoms with Gasteiger partial charge in [-0.15, -0.1) is 0 Å². The Morgan fingerprint density at radius 2 is 1.94 bits per heavy atom. The highest BCUT2D eigenvalue weighted by atomic mass is 16.6. The van der Waals surface area contributed by atoms with E-state index in [4.69, 9.17) is 4.74 Å². The van der Waals surface area contributed by atoms with Crippen LogP contribution in [0.3, 0.4) is 0 Å². The summed E-state index contributed by atoms with van der Waals surface area (Å²) in [6.45, 7) is 6.70. The first kappa shape index (κ1) is 16.3. The fourth-order valence-electron chi connectivity index (χ4n) is 1.66. The van der Waals surface area contributed by atoms with Crippen LogP contribution in [0.15, 0.2) is 11.8 Å². The van der Waals surface area contributed by atoms with Gasteiger partial charge >= 0.3 is 5.97 Å². The third-order valence-corrected chi connectivity index (χ3v) is 2.21. The van der Waals surface area contributed by atoms with Gasteiger partial charge in [-0.2, -0.15) is 0 Å². The predicted molar refractivity (Wildman–Crippen MR) is 65.3 cm³/mol. The molecule has 0 fully saturated rings. The predicted octanol–water partition coefficient (Wildman–Crippen LogP) is 1.96. The first-order chi connectivity index (χ1) is 8.29. The van der Waals surface area contributed by atoms with Crippen LogP contribution in [0.25, 0.3) is 0 Å². The van der Waals surface area contributed by atoms with Crippen molar-refractivity contribution in [1.29, 1.82) is 0 Å². The van der Waals surface area contributed by atoms with Crippen molar-refractivity contribution in [1.82, 2.24) is 0 Å². The molecule has 0 aliphatic rings. The summed E-state index contributed by atoms with van der Waals surface area (Å²) in [6, 6.07) is 0. The summed E-state index contributed by atoms with van der Waals surface area (Å²) in [4.78, 5) is 33.1. The molecule has 6 heteroatoms. The van der Waals surface area contributed by atoms with Gasteiger partial charge in [0.25, 0.3) is 0 Å². The number of carbonyl (C=O) groups excluding carboxylic acids is 2. The first-order valence-electron chi connectivity index (χ1n) is 5.80. The maximum Gasteiger partial charge on any atom is 0.320 e. The third kappa shape index (κ3) is 5.56. The number of hydrogen-bond donors (Lipinski definition) is 0. The molecule has 0 amide bonds. The lowest BCUT2D eigenvalue weighted by molar-refractivity contribution is -0.403. The highest BCUT2D eigenvalue weighted by molar-refractivity contribution is 6.00. The van der Waals surface area contributed by atoms with Gasteiger partial charge in [0.2, 0.25) is 6.20 Å². The van der Waals surface area contributed by atoms with Gasteiger partial charge in [0.15, 0.2) is 0 Å². The quantitative estimate of drug-likeness (QED) is 0.301. The minimum atomic E-state index is -1.17. The van der Waals surface area contributed by atoms with Crippen LogP contribution in [0.1, 0.15) is 34.1 Å². The van der Waals surface area contributed by atoms with Gasteiger partial charge in [0.1, 0.15) is 11.7 Å². The SMILES string of the molecule is CCOC(=O)C(C(C)=O)C(=C[N+](=O)[O-])CC(C)C. The Kier molecular flexibility index (Phi) is 6.85. The van der Waals surface area contributed by atoms with Gasteiger partial charge in [-0.05, 0) is 26.2 Å². The Morgan fingerprint density at radius 3 is 2.28 bits per heavy atom. The minimum absolute atomic E-state index is 0.104. The van der Waals surface area contributed by atoms with Crippen molar-refractivity contribution in [2.75, 3.05) is 6.61 Å². The van der Waals surface area contributed by atoms with Crippen molar-refractivity contribution in [3.63, 3.8) is 0 Å². The van der Waals surface area contributed by atoms with Crippen molar-refractivity contribution in [3.05, 3.63) is 21.9 Å². The molecule has 6 nitrogen and oxygen atoms in total. The summed E-state index contributed by atoms with van der Waals surface area (Å²) in [5, 5.41) is 10.6. The number of nitrogens with zero attached hydrogens (tertiary/aromatic N) is 1. The minimum Gasteiger partial charge on any atom is -0.465 e. The average molecular weight is 257 g/mol. The molecule has 0 aromatic heterocycles. The standard InChI is InChI=1S/C12H19NO5/c1-5-18-12(15)11(9(4)14)10(6-8(2)3)7-13(16)17/h7-8,11H,5-6H2,1-4H3. The lowest BCUT2D eigenvalue weighted by atomic mass is 9.89. The molecule has 0 N–H and O–H groups in total. The normalized spacial score (nSPS) is 13.3. The maximum absolute atomic E-state index is 11.7. The van der Waals surface area contributed by atoms with Crippen LogP contribution in [-0.2, 0) is 14.3 Å². The molecule has 0 radical (unpaired) electrons. The molecule has 0 saturated carbocycles. The number of hydrogen-bond acceptors (Lipinski definition) is 5. The summed E-state index contributed by atoms with van der Waals surface area (Å²) in [5.41, 5.74) is 0.195. The molecule has 0 bridgehead atoms. The van der Waals surface area contributed by atoms with Crippen LogP contribution in [0.2, 0.25) is 0 Å². The fourth-order valence-corrected chi connectivity index (χ4v) is 1.66. The Labute approximate surface area is 106 Å². The van der Waals surface area contributed by atoms with E-state index in [-0.39, 0.29) is 18.1 Å². The topological polar surface area (TPSA) is 86.5 Å². The van der Waals surface area contributed by atoms with E-state index in [1.54, 1.807) is 6.92 Å². The zero-order chi connectivity index (χ0) is 14.3. The van der Waals surface area contributed by atoms with Gasteiger partial charge in [-0.25, -0.2) is 0 Å². The van der Waals surface area contributed by atoms with E-state index in [1.165, 1.54) is 6.92 Å². The molecule has 102 valence electrons. The van der Waals surface area contributed by atoms with Crippen molar-refractivity contribution < 1.29 is 19.2 Å². The Bertz CT molecular complexity index is 359. The number of ether oxygens (including phenoxy) is 1. The first-order valence-corrected chi connectivity index (χ1v) is 5.80. The summed E-state index contributed by atoms with van der Waals surface area (Å²) in [7, 11) is 0. The number of carbonyl (C=O) groups is 2. The third-order valence-electron chi connectivity index (χ3n) is 2.21.